The molecule has 2 N–H and O–H groups in total. The van der Waals surface area contributed by atoms with Gasteiger partial charge in [-0.2, -0.15) is 0 Å². The largest absolute Gasteiger partial charge is 0.493 e. The summed E-state index contributed by atoms with van der Waals surface area (Å²) in [5.74, 6) is 0.715. The van der Waals surface area contributed by atoms with Gasteiger partial charge in [-0.3, -0.25) is 20.4 Å². The molecule has 0 radical (unpaired) electrons. The van der Waals surface area contributed by atoms with Gasteiger partial charge in [-0.05, 0) is 74.6 Å². The molecule has 2 rings (SSSR count). The minimum atomic E-state index is -0.661. The first-order valence-corrected chi connectivity index (χ1v) is 10.6. The minimum Gasteiger partial charge on any atom is -0.493 e. The third-order valence-electron chi connectivity index (χ3n) is 4.97. The fourth-order valence-corrected chi connectivity index (χ4v) is 3.15. The summed E-state index contributed by atoms with van der Waals surface area (Å²) < 4.78 is 11.3. The van der Waals surface area contributed by atoms with Crippen LogP contribution in [-0.2, 0) is 9.59 Å². The Hall–Kier alpha value is -2.73. The van der Waals surface area contributed by atoms with E-state index in [4.69, 9.17) is 21.1 Å². The standard InChI is InChI=1S/C24H31ClN2O4/c1-16-7-8-17(2)21(13-16)30-12-6-11-24(4,5)23(29)27-26-22(28)15-31-20-10-9-19(25)14-18(20)3/h7-10,13-14H,6,11-12,15H2,1-5H3,(H,26,28)(H,27,29). The fraction of sp³-hybridized carbons (Fsp3) is 0.417. The number of rotatable bonds is 9. The number of hydrazine groups is 1. The number of nitrogens with one attached hydrogen (secondary N) is 2. The molecule has 0 aliphatic heterocycles. The number of amides is 2. The zero-order valence-electron chi connectivity index (χ0n) is 18.8. The molecule has 0 unspecified atom stereocenters. The van der Waals surface area contributed by atoms with E-state index < -0.39 is 11.3 Å². The highest BCUT2D eigenvalue weighted by atomic mass is 35.5. The Labute approximate surface area is 189 Å². The first-order valence-electron chi connectivity index (χ1n) is 10.3. The maximum atomic E-state index is 12.5. The number of halogens is 1. The first-order chi connectivity index (χ1) is 14.6. The molecule has 0 heterocycles. The van der Waals surface area contributed by atoms with Crippen LogP contribution in [0.4, 0.5) is 0 Å². The number of hydrogen-bond acceptors (Lipinski definition) is 4. The molecule has 2 aromatic carbocycles. The van der Waals surface area contributed by atoms with Crippen LogP contribution in [0.3, 0.4) is 0 Å². The van der Waals surface area contributed by atoms with Crippen molar-refractivity contribution in [2.45, 2.75) is 47.5 Å². The van der Waals surface area contributed by atoms with Crippen LogP contribution in [0.25, 0.3) is 0 Å². The van der Waals surface area contributed by atoms with Gasteiger partial charge in [0.15, 0.2) is 6.61 Å². The number of carbonyl (C=O) groups is 2. The molecule has 6 nitrogen and oxygen atoms in total. The quantitative estimate of drug-likeness (QED) is 0.433. The van der Waals surface area contributed by atoms with Crippen LogP contribution in [0.5, 0.6) is 11.5 Å². The normalized spacial score (nSPS) is 11.0. The molecule has 0 spiro atoms. The fourth-order valence-electron chi connectivity index (χ4n) is 2.92. The lowest BCUT2D eigenvalue weighted by atomic mass is 9.87. The molecule has 2 amide bonds. The van der Waals surface area contributed by atoms with Crippen molar-refractivity contribution >= 4 is 23.4 Å². The van der Waals surface area contributed by atoms with Gasteiger partial charge in [0.2, 0.25) is 5.91 Å². The average molecular weight is 447 g/mol. The Morgan fingerprint density at radius 2 is 1.68 bits per heavy atom. The van der Waals surface area contributed by atoms with Gasteiger partial charge < -0.3 is 9.47 Å². The first kappa shape index (κ1) is 24.5. The number of ether oxygens (including phenoxy) is 2. The summed E-state index contributed by atoms with van der Waals surface area (Å²) in [6.45, 7) is 9.84. The van der Waals surface area contributed by atoms with Gasteiger partial charge >= 0.3 is 0 Å². The molecule has 0 aromatic heterocycles. The molecule has 0 saturated carbocycles. The molecule has 31 heavy (non-hydrogen) atoms. The molecule has 168 valence electrons. The molecule has 0 atom stereocenters. The summed E-state index contributed by atoms with van der Waals surface area (Å²) in [7, 11) is 0. The number of aryl methyl sites for hydroxylation is 3. The predicted molar refractivity (Wildman–Crippen MR) is 122 cm³/mol. The van der Waals surface area contributed by atoms with Gasteiger partial charge in [-0.15, -0.1) is 0 Å². The Bertz CT molecular complexity index is 928. The van der Waals surface area contributed by atoms with Crippen molar-refractivity contribution in [3.8, 4) is 11.5 Å². The summed E-state index contributed by atoms with van der Waals surface area (Å²) in [6, 6.07) is 11.2. The van der Waals surface area contributed by atoms with Crippen molar-refractivity contribution in [3.63, 3.8) is 0 Å². The van der Waals surface area contributed by atoms with E-state index in [-0.39, 0.29) is 12.5 Å². The van der Waals surface area contributed by atoms with Gasteiger partial charge in [-0.25, -0.2) is 0 Å². The van der Waals surface area contributed by atoms with Crippen LogP contribution in [0, 0.1) is 26.2 Å². The zero-order chi connectivity index (χ0) is 23.0. The summed E-state index contributed by atoms with van der Waals surface area (Å²) in [5, 5.41) is 0.600. The van der Waals surface area contributed by atoms with E-state index in [0.29, 0.717) is 30.2 Å². The van der Waals surface area contributed by atoms with E-state index in [9.17, 15) is 9.59 Å². The van der Waals surface area contributed by atoms with E-state index in [0.717, 1.165) is 22.4 Å². The van der Waals surface area contributed by atoms with Crippen LogP contribution in [0.1, 0.15) is 43.4 Å². The second kappa shape index (κ2) is 11.0. The minimum absolute atomic E-state index is 0.215. The topological polar surface area (TPSA) is 76.7 Å². The van der Waals surface area contributed by atoms with Crippen molar-refractivity contribution in [2.75, 3.05) is 13.2 Å². The van der Waals surface area contributed by atoms with Crippen molar-refractivity contribution < 1.29 is 19.1 Å². The second-order valence-electron chi connectivity index (χ2n) is 8.31. The van der Waals surface area contributed by atoms with E-state index >= 15 is 0 Å². The second-order valence-corrected chi connectivity index (χ2v) is 8.74. The third kappa shape index (κ3) is 7.79. The molecule has 0 fully saturated rings. The summed E-state index contributed by atoms with van der Waals surface area (Å²) in [6.07, 6.45) is 1.32. The van der Waals surface area contributed by atoms with Gasteiger partial charge in [-0.1, -0.05) is 37.6 Å². The van der Waals surface area contributed by atoms with Crippen LogP contribution in [-0.4, -0.2) is 25.0 Å². The average Bonchev–Trinajstić information content (AvgIpc) is 2.71. The number of benzene rings is 2. The zero-order valence-corrected chi connectivity index (χ0v) is 19.6. The lowest BCUT2D eigenvalue weighted by molar-refractivity contribution is -0.135. The van der Waals surface area contributed by atoms with Crippen molar-refractivity contribution in [3.05, 3.63) is 58.1 Å². The highest BCUT2D eigenvalue weighted by molar-refractivity contribution is 6.30. The van der Waals surface area contributed by atoms with Gasteiger partial charge in [0.25, 0.3) is 5.91 Å². The Balaban J connectivity index is 1.71. The van der Waals surface area contributed by atoms with Crippen LogP contribution < -0.4 is 20.3 Å². The number of carbonyl (C=O) groups excluding carboxylic acids is 2. The highest BCUT2D eigenvalue weighted by Gasteiger charge is 2.27. The lowest BCUT2D eigenvalue weighted by Crippen LogP contribution is -2.49. The highest BCUT2D eigenvalue weighted by Crippen LogP contribution is 2.24. The molecular formula is C24H31ClN2O4. The molecule has 0 aliphatic carbocycles. The van der Waals surface area contributed by atoms with Gasteiger partial charge in [0.1, 0.15) is 11.5 Å². The van der Waals surface area contributed by atoms with E-state index in [1.54, 1.807) is 18.2 Å². The summed E-state index contributed by atoms with van der Waals surface area (Å²) in [4.78, 5) is 24.5. The summed E-state index contributed by atoms with van der Waals surface area (Å²) in [5.41, 5.74) is 7.27. The van der Waals surface area contributed by atoms with Crippen molar-refractivity contribution in [1.29, 1.82) is 0 Å². The lowest BCUT2D eigenvalue weighted by Gasteiger charge is -2.23. The maximum Gasteiger partial charge on any atom is 0.276 e. The summed E-state index contributed by atoms with van der Waals surface area (Å²) >= 11 is 5.91. The molecule has 0 bridgehead atoms. The maximum absolute atomic E-state index is 12.5. The smallest absolute Gasteiger partial charge is 0.276 e. The third-order valence-corrected chi connectivity index (χ3v) is 5.21. The van der Waals surface area contributed by atoms with E-state index in [1.807, 2.05) is 52.8 Å². The van der Waals surface area contributed by atoms with E-state index in [2.05, 4.69) is 10.9 Å². The van der Waals surface area contributed by atoms with Crippen LogP contribution in [0.2, 0.25) is 5.02 Å². The van der Waals surface area contributed by atoms with Crippen molar-refractivity contribution in [2.24, 2.45) is 5.41 Å². The van der Waals surface area contributed by atoms with Crippen LogP contribution >= 0.6 is 11.6 Å². The van der Waals surface area contributed by atoms with Gasteiger partial charge in [0, 0.05) is 10.4 Å². The van der Waals surface area contributed by atoms with Crippen molar-refractivity contribution in [1.82, 2.24) is 10.9 Å². The Kier molecular flexibility index (Phi) is 8.75. The van der Waals surface area contributed by atoms with Crippen LogP contribution in [0.15, 0.2) is 36.4 Å². The molecular weight excluding hydrogens is 416 g/mol. The number of hydrogen-bond donors (Lipinski definition) is 2. The SMILES string of the molecule is Cc1ccc(C)c(OCCCC(C)(C)C(=O)NNC(=O)COc2ccc(Cl)cc2C)c1. The predicted octanol–water partition coefficient (Wildman–Crippen LogP) is 4.68. The molecule has 0 aliphatic rings. The van der Waals surface area contributed by atoms with E-state index in [1.165, 1.54) is 0 Å². The Morgan fingerprint density at radius 3 is 2.39 bits per heavy atom. The molecule has 0 saturated heterocycles. The van der Waals surface area contributed by atoms with Gasteiger partial charge in [0.05, 0.1) is 6.61 Å². The monoisotopic (exact) mass is 446 g/mol. The molecule has 7 heteroatoms. The Morgan fingerprint density at radius 1 is 0.935 bits per heavy atom. The molecule has 2 aromatic rings.